The summed E-state index contributed by atoms with van der Waals surface area (Å²) in [4.78, 5) is 16.1. The molecular formula is C24H16F3N3O4S. The van der Waals surface area contributed by atoms with E-state index < -0.39 is 17.4 Å². The van der Waals surface area contributed by atoms with Gasteiger partial charge in [0.05, 0.1) is 25.5 Å². The van der Waals surface area contributed by atoms with Crippen molar-refractivity contribution in [1.29, 1.82) is 5.26 Å². The Bertz CT molecular complexity index is 1530. The van der Waals surface area contributed by atoms with Crippen molar-refractivity contribution in [1.82, 2.24) is 4.98 Å². The van der Waals surface area contributed by atoms with Crippen LogP contribution in [0.3, 0.4) is 0 Å². The van der Waals surface area contributed by atoms with E-state index in [2.05, 4.69) is 10.3 Å². The monoisotopic (exact) mass is 499 g/mol. The first-order chi connectivity index (χ1) is 16.7. The predicted octanol–water partition coefficient (Wildman–Crippen LogP) is 5.93. The van der Waals surface area contributed by atoms with Crippen LogP contribution in [0.15, 0.2) is 63.3 Å². The van der Waals surface area contributed by atoms with Crippen LogP contribution in [0.25, 0.3) is 27.8 Å². The fourth-order valence-electron chi connectivity index (χ4n) is 3.31. The number of aromatic nitrogens is 1. The smallest absolute Gasteiger partial charge is 0.417 e. The molecule has 0 radical (unpaired) electrons. The molecule has 1 N–H and O–H groups in total. The Hall–Kier alpha value is -4.30. The number of allylic oxidation sites excluding steroid dienone is 1. The minimum atomic E-state index is -4.70. The normalized spacial score (nSPS) is 11.8. The maximum absolute atomic E-state index is 13.2. The van der Waals surface area contributed by atoms with Crippen LogP contribution in [0.5, 0.6) is 11.5 Å². The first-order valence-corrected chi connectivity index (χ1v) is 10.8. The van der Waals surface area contributed by atoms with Gasteiger partial charge in [0, 0.05) is 40.3 Å². The largest absolute Gasteiger partial charge is 0.493 e. The van der Waals surface area contributed by atoms with Gasteiger partial charge in [-0.25, -0.2) is 9.78 Å². The molecule has 2 aromatic carbocycles. The molecule has 0 aliphatic heterocycles. The van der Waals surface area contributed by atoms with Crippen molar-refractivity contribution >= 4 is 33.6 Å². The minimum Gasteiger partial charge on any atom is -0.493 e. The van der Waals surface area contributed by atoms with E-state index in [0.717, 1.165) is 5.56 Å². The molecule has 0 aliphatic carbocycles. The molecule has 0 atom stereocenters. The van der Waals surface area contributed by atoms with Crippen molar-refractivity contribution in [3.63, 3.8) is 0 Å². The van der Waals surface area contributed by atoms with E-state index in [1.807, 2.05) is 12.1 Å². The number of nitrogens with zero attached hydrogens (tertiary/aromatic N) is 2. The maximum atomic E-state index is 13.2. The summed E-state index contributed by atoms with van der Waals surface area (Å²) in [6.07, 6.45) is -3.32. The van der Waals surface area contributed by atoms with Crippen molar-refractivity contribution in [3.05, 3.63) is 75.0 Å². The Balaban J connectivity index is 1.62. The summed E-state index contributed by atoms with van der Waals surface area (Å²) in [6.45, 7) is 0. The third-order valence-electron chi connectivity index (χ3n) is 4.97. The molecule has 178 valence electrons. The summed E-state index contributed by atoms with van der Waals surface area (Å²) < 4.78 is 55.2. The highest BCUT2D eigenvalue weighted by atomic mass is 32.1. The number of rotatable bonds is 6. The van der Waals surface area contributed by atoms with Gasteiger partial charge in [0.1, 0.15) is 22.2 Å². The molecule has 0 spiro atoms. The summed E-state index contributed by atoms with van der Waals surface area (Å²) in [6, 6.07) is 11.6. The van der Waals surface area contributed by atoms with E-state index in [9.17, 15) is 23.2 Å². The SMILES string of the molecule is COc1ccc(-c2csc(/C(C#N)=C/Nc3ccc4c(C(F)(F)F)cc(=O)oc4c3)n2)cc1OC. The lowest BCUT2D eigenvalue weighted by molar-refractivity contribution is -0.136. The summed E-state index contributed by atoms with van der Waals surface area (Å²) in [5.41, 5.74) is -0.502. The number of hydrogen-bond donors (Lipinski definition) is 1. The quantitative estimate of drug-likeness (QED) is 0.259. The number of benzene rings is 2. The Morgan fingerprint density at radius 2 is 1.91 bits per heavy atom. The van der Waals surface area contributed by atoms with Gasteiger partial charge in [-0.15, -0.1) is 11.3 Å². The molecule has 35 heavy (non-hydrogen) atoms. The number of thiazole rings is 1. The van der Waals surface area contributed by atoms with E-state index in [-0.39, 0.29) is 16.5 Å². The number of halogens is 3. The fourth-order valence-corrected chi connectivity index (χ4v) is 4.10. The number of anilines is 1. The standard InChI is InChI=1S/C24H16F3N3O4S/c1-32-19-6-3-13(7-21(19)33-2)18-12-35-23(30-18)14(10-28)11-29-15-4-5-16-17(24(25,26)27)9-22(31)34-20(16)8-15/h3-9,11-12,29H,1-2H3/b14-11+. The molecule has 0 aliphatic rings. The minimum absolute atomic E-state index is 0.201. The zero-order chi connectivity index (χ0) is 25.2. The highest BCUT2D eigenvalue weighted by Gasteiger charge is 2.33. The second-order valence-corrected chi connectivity index (χ2v) is 7.97. The van der Waals surface area contributed by atoms with Gasteiger partial charge in [-0.3, -0.25) is 0 Å². The molecular weight excluding hydrogens is 483 g/mol. The molecule has 4 aromatic rings. The molecule has 2 heterocycles. The van der Waals surface area contributed by atoms with E-state index in [4.69, 9.17) is 13.9 Å². The van der Waals surface area contributed by atoms with Crippen LogP contribution >= 0.6 is 11.3 Å². The summed E-state index contributed by atoms with van der Waals surface area (Å²) in [7, 11) is 3.06. The van der Waals surface area contributed by atoms with Gasteiger partial charge in [-0.05, 0) is 30.3 Å². The number of methoxy groups -OCH3 is 2. The molecule has 7 nitrogen and oxygen atoms in total. The second-order valence-electron chi connectivity index (χ2n) is 7.11. The van der Waals surface area contributed by atoms with Crippen LogP contribution < -0.4 is 20.4 Å². The second kappa shape index (κ2) is 9.52. The van der Waals surface area contributed by atoms with E-state index in [1.54, 1.807) is 17.5 Å². The van der Waals surface area contributed by atoms with Crippen LogP contribution in [0.1, 0.15) is 10.6 Å². The summed E-state index contributed by atoms with van der Waals surface area (Å²) in [5.74, 6) is 1.11. The van der Waals surface area contributed by atoms with Crippen molar-refractivity contribution in [2.24, 2.45) is 0 Å². The van der Waals surface area contributed by atoms with Crippen LogP contribution in [0.4, 0.5) is 18.9 Å². The number of ether oxygens (including phenoxy) is 2. The first kappa shape index (κ1) is 23.8. The molecule has 0 unspecified atom stereocenters. The van der Waals surface area contributed by atoms with Gasteiger partial charge >= 0.3 is 11.8 Å². The van der Waals surface area contributed by atoms with Gasteiger partial charge in [-0.1, -0.05) is 0 Å². The summed E-state index contributed by atoms with van der Waals surface area (Å²) in [5, 5.41) is 14.4. The fraction of sp³-hybridized carbons (Fsp3) is 0.125. The number of hydrogen-bond acceptors (Lipinski definition) is 8. The average Bonchev–Trinajstić information content (AvgIpc) is 3.32. The first-order valence-electron chi connectivity index (χ1n) is 9.93. The van der Waals surface area contributed by atoms with Gasteiger partial charge in [-0.2, -0.15) is 18.4 Å². The lowest BCUT2D eigenvalue weighted by Crippen LogP contribution is -2.11. The van der Waals surface area contributed by atoms with Crippen molar-refractivity contribution in [2.45, 2.75) is 6.18 Å². The molecule has 11 heteroatoms. The number of nitriles is 1. The van der Waals surface area contributed by atoms with Crippen LogP contribution in [-0.2, 0) is 6.18 Å². The molecule has 0 saturated carbocycles. The number of nitrogens with one attached hydrogen (secondary N) is 1. The highest BCUT2D eigenvalue weighted by Crippen LogP contribution is 2.35. The van der Waals surface area contributed by atoms with Crippen LogP contribution in [0, 0.1) is 11.3 Å². The van der Waals surface area contributed by atoms with E-state index in [0.29, 0.717) is 34.0 Å². The lowest BCUT2D eigenvalue weighted by atomic mass is 10.1. The third-order valence-corrected chi connectivity index (χ3v) is 5.84. The zero-order valence-corrected chi connectivity index (χ0v) is 19.1. The molecule has 4 rings (SSSR count). The molecule has 0 bridgehead atoms. The Morgan fingerprint density at radius 3 is 2.60 bits per heavy atom. The van der Waals surface area contributed by atoms with Crippen molar-refractivity contribution in [3.8, 4) is 28.8 Å². The van der Waals surface area contributed by atoms with E-state index in [1.165, 1.54) is 50.0 Å². The average molecular weight is 499 g/mol. The topological polar surface area (TPSA) is 97.4 Å². The molecule has 0 fully saturated rings. The molecule has 2 aromatic heterocycles. The van der Waals surface area contributed by atoms with Crippen molar-refractivity contribution in [2.75, 3.05) is 19.5 Å². The van der Waals surface area contributed by atoms with Gasteiger partial charge < -0.3 is 19.2 Å². The van der Waals surface area contributed by atoms with Crippen molar-refractivity contribution < 1.29 is 27.1 Å². The number of fused-ring (bicyclic) bond motifs is 1. The molecule has 0 saturated heterocycles. The third kappa shape index (κ3) is 4.97. The zero-order valence-electron chi connectivity index (χ0n) is 18.3. The van der Waals surface area contributed by atoms with Gasteiger partial charge in [0.25, 0.3) is 0 Å². The molecule has 0 amide bonds. The van der Waals surface area contributed by atoms with Gasteiger partial charge in [0.15, 0.2) is 11.5 Å². The highest BCUT2D eigenvalue weighted by molar-refractivity contribution is 7.11. The van der Waals surface area contributed by atoms with Gasteiger partial charge in [0.2, 0.25) is 0 Å². The Kier molecular flexibility index (Phi) is 6.48. The summed E-state index contributed by atoms with van der Waals surface area (Å²) >= 11 is 1.25. The maximum Gasteiger partial charge on any atom is 0.417 e. The van der Waals surface area contributed by atoms with Crippen LogP contribution in [0.2, 0.25) is 0 Å². The Morgan fingerprint density at radius 1 is 1.14 bits per heavy atom. The number of alkyl halides is 3. The van der Waals surface area contributed by atoms with E-state index >= 15 is 0 Å². The lowest BCUT2D eigenvalue weighted by Gasteiger charge is -2.10. The van der Waals surface area contributed by atoms with Crippen LogP contribution in [-0.4, -0.2) is 19.2 Å². The predicted molar refractivity (Wildman–Crippen MR) is 125 cm³/mol. The Labute approximate surface area is 200 Å².